The third-order valence-electron chi connectivity index (χ3n) is 4.04. The quantitative estimate of drug-likeness (QED) is 0.696. The Morgan fingerprint density at radius 1 is 1.16 bits per heavy atom. The molecule has 6 heteroatoms. The van der Waals surface area contributed by atoms with Crippen LogP contribution in [0.2, 0.25) is 0 Å². The maximum absolute atomic E-state index is 12.1. The van der Waals surface area contributed by atoms with Crippen molar-refractivity contribution >= 4 is 5.91 Å². The molecule has 1 N–H and O–H groups in total. The summed E-state index contributed by atoms with van der Waals surface area (Å²) in [7, 11) is 0. The Kier molecular flexibility index (Phi) is 8.42. The van der Waals surface area contributed by atoms with Crippen molar-refractivity contribution in [1.82, 2.24) is 5.32 Å². The number of hydrogen-bond donors (Lipinski definition) is 1. The molecule has 25 heavy (non-hydrogen) atoms. The highest BCUT2D eigenvalue weighted by atomic mass is 19.4. The molecule has 0 saturated carbocycles. The van der Waals surface area contributed by atoms with Crippen LogP contribution in [0.25, 0.3) is 0 Å². The number of hydrogen-bond acceptors (Lipinski definition) is 2. The number of alkyl halides is 3. The Labute approximate surface area is 147 Å². The lowest BCUT2D eigenvalue weighted by Gasteiger charge is -2.28. The van der Waals surface area contributed by atoms with Crippen LogP contribution in [0.3, 0.4) is 0 Å². The summed E-state index contributed by atoms with van der Waals surface area (Å²) in [5.74, 6) is -0.387. The summed E-state index contributed by atoms with van der Waals surface area (Å²) in [6.45, 7) is 6.12. The highest BCUT2D eigenvalue weighted by Crippen LogP contribution is 2.28. The Hall–Kier alpha value is -1.56. The van der Waals surface area contributed by atoms with Crippen molar-refractivity contribution in [3.8, 4) is 0 Å². The molecule has 0 aliphatic carbocycles. The first-order valence-corrected chi connectivity index (χ1v) is 8.68. The Balaban J connectivity index is 2.79. The summed E-state index contributed by atoms with van der Waals surface area (Å²) < 4.78 is 40.8. The molecule has 0 aromatic heterocycles. The Morgan fingerprint density at radius 3 is 2.24 bits per heavy atom. The molecule has 0 aliphatic rings. The molecule has 0 radical (unpaired) electrons. The third kappa shape index (κ3) is 7.90. The molecular formula is C19H28F3NO2. The van der Waals surface area contributed by atoms with Crippen molar-refractivity contribution in [3.63, 3.8) is 0 Å². The monoisotopic (exact) mass is 359 g/mol. The van der Waals surface area contributed by atoms with Crippen LogP contribution >= 0.6 is 0 Å². The minimum Gasteiger partial charge on any atom is -0.362 e. The molecule has 2 atom stereocenters. The normalized spacial score (nSPS) is 14.2. The van der Waals surface area contributed by atoms with Gasteiger partial charge in [-0.05, 0) is 32.3 Å². The molecule has 0 spiro atoms. The van der Waals surface area contributed by atoms with Crippen LogP contribution in [0.4, 0.5) is 13.2 Å². The van der Waals surface area contributed by atoms with Gasteiger partial charge in [-0.3, -0.25) is 4.79 Å². The van der Waals surface area contributed by atoms with Gasteiger partial charge in [0.1, 0.15) is 13.2 Å². The Bertz CT molecular complexity index is 538. The fourth-order valence-corrected chi connectivity index (χ4v) is 3.13. The van der Waals surface area contributed by atoms with E-state index in [9.17, 15) is 18.0 Å². The van der Waals surface area contributed by atoms with Gasteiger partial charge in [0.25, 0.3) is 0 Å². The number of aryl methyl sites for hydroxylation is 2. The second kappa shape index (κ2) is 9.80. The molecule has 0 heterocycles. The van der Waals surface area contributed by atoms with Crippen LogP contribution in [-0.2, 0) is 9.53 Å². The van der Waals surface area contributed by atoms with Crippen LogP contribution in [0.15, 0.2) is 18.2 Å². The van der Waals surface area contributed by atoms with Gasteiger partial charge in [0, 0.05) is 12.0 Å². The average molecular weight is 359 g/mol. The van der Waals surface area contributed by atoms with E-state index >= 15 is 0 Å². The summed E-state index contributed by atoms with van der Waals surface area (Å²) in [4.78, 5) is 12.0. The standard InChI is InChI=1S/C19H28F3NO2/c1-5-7-16(15-9-13(3)8-14(4)10-15)17(6-2)23-18(24)11-25-12-19(20,21)22/h8-10,16-17H,5-7,11-12H2,1-4H3,(H,23,24)/t16-,17+/m0/s1. The van der Waals surface area contributed by atoms with Crippen molar-refractivity contribution in [1.29, 1.82) is 0 Å². The summed E-state index contributed by atoms with van der Waals surface area (Å²) in [5.41, 5.74) is 3.47. The van der Waals surface area contributed by atoms with Crippen molar-refractivity contribution in [2.24, 2.45) is 0 Å². The number of rotatable bonds is 9. The third-order valence-corrected chi connectivity index (χ3v) is 4.04. The topological polar surface area (TPSA) is 38.3 Å². The molecule has 1 rings (SSSR count). The number of carbonyl (C=O) groups is 1. The van der Waals surface area contributed by atoms with E-state index in [1.165, 1.54) is 0 Å². The van der Waals surface area contributed by atoms with Crippen molar-refractivity contribution in [2.75, 3.05) is 13.2 Å². The maximum atomic E-state index is 12.1. The molecule has 0 fully saturated rings. The van der Waals surface area contributed by atoms with E-state index in [0.717, 1.165) is 29.5 Å². The first kappa shape index (κ1) is 21.5. The molecule has 0 unspecified atom stereocenters. The fraction of sp³-hybridized carbons (Fsp3) is 0.632. The van der Waals surface area contributed by atoms with Crippen molar-refractivity contribution in [2.45, 2.75) is 65.1 Å². The molecule has 0 bridgehead atoms. The van der Waals surface area contributed by atoms with Gasteiger partial charge in [-0.15, -0.1) is 0 Å². The molecule has 1 aromatic carbocycles. The predicted octanol–water partition coefficient (Wildman–Crippen LogP) is 4.66. The minimum atomic E-state index is -4.42. The molecule has 0 saturated heterocycles. The molecule has 1 aromatic rings. The maximum Gasteiger partial charge on any atom is 0.411 e. The van der Waals surface area contributed by atoms with Gasteiger partial charge in [0.2, 0.25) is 5.91 Å². The van der Waals surface area contributed by atoms with Gasteiger partial charge in [-0.25, -0.2) is 0 Å². The number of carbonyl (C=O) groups excluding carboxylic acids is 1. The SMILES string of the molecule is CCC[C@@H](c1cc(C)cc(C)c1)[C@@H](CC)NC(=O)COCC(F)(F)F. The predicted molar refractivity (Wildman–Crippen MR) is 92.7 cm³/mol. The van der Waals surface area contributed by atoms with Crippen LogP contribution in [0, 0.1) is 13.8 Å². The number of halogens is 3. The molecule has 0 aliphatic heterocycles. The number of ether oxygens (including phenoxy) is 1. The molecular weight excluding hydrogens is 331 g/mol. The summed E-state index contributed by atoms with van der Waals surface area (Å²) in [5, 5.41) is 2.84. The van der Waals surface area contributed by atoms with Crippen molar-refractivity contribution in [3.05, 3.63) is 34.9 Å². The van der Waals surface area contributed by atoms with Crippen LogP contribution in [-0.4, -0.2) is 31.3 Å². The van der Waals surface area contributed by atoms with Gasteiger partial charge >= 0.3 is 6.18 Å². The first-order valence-electron chi connectivity index (χ1n) is 8.68. The summed E-state index contributed by atoms with van der Waals surface area (Å²) >= 11 is 0. The summed E-state index contributed by atoms with van der Waals surface area (Å²) in [6.07, 6.45) is -1.88. The van der Waals surface area contributed by atoms with Crippen LogP contribution in [0.1, 0.15) is 55.7 Å². The lowest BCUT2D eigenvalue weighted by atomic mass is 9.85. The zero-order valence-corrected chi connectivity index (χ0v) is 15.4. The van der Waals surface area contributed by atoms with Gasteiger partial charge in [-0.2, -0.15) is 13.2 Å². The lowest BCUT2D eigenvalue weighted by molar-refractivity contribution is -0.175. The fourth-order valence-electron chi connectivity index (χ4n) is 3.13. The van der Waals surface area contributed by atoms with Crippen LogP contribution in [0.5, 0.6) is 0 Å². The molecule has 1 amide bonds. The Morgan fingerprint density at radius 2 is 1.76 bits per heavy atom. The van der Waals surface area contributed by atoms with E-state index in [1.807, 2.05) is 20.8 Å². The second-order valence-corrected chi connectivity index (χ2v) is 6.51. The first-order chi connectivity index (χ1) is 11.7. The smallest absolute Gasteiger partial charge is 0.362 e. The highest BCUT2D eigenvalue weighted by molar-refractivity contribution is 5.77. The van der Waals surface area contributed by atoms with E-state index in [1.54, 1.807) is 0 Å². The van der Waals surface area contributed by atoms with E-state index in [-0.39, 0.29) is 12.0 Å². The van der Waals surface area contributed by atoms with Crippen LogP contribution < -0.4 is 5.32 Å². The highest BCUT2D eigenvalue weighted by Gasteiger charge is 2.28. The lowest BCUT2D eigenvalue weighted by Crippen LogP contribution is -2.41. The zero-order chi connectivity index (χ0) is 19.0. The van der Waals surface area contributed by atoms with Crippen molar-refractivity contribution < 1.29 is 22.7 Å². The van der Waals surface area contributed by atoms with E-state index in [4.69, 9.17) is 0 Å². The average Bonchev–Trinajstić information content (AvgIpc) is 2.48. The minimum absolute atomic E-state index is 0.125. The molecule has 142 valence electrons. The molecule has 3 nitrogen and oxygen atoms in total. The van der Waals surface area contributed by atoms with Gasteiger partial charge in [0.15, 0.2) is 0 Å². The second-order valence-electron chi connectivity index (χ2n) is 6.51. The summed E-state index contributed by atoms with van der Waals surface area (Å²) in [6, 6.07) is 6.19. The zero-order valence-electron chi connectivity index (χ0n) is 15.4. The number of benzene rings is 1. The number of amides is 1. The van der Waals surface area contributed by atoms with Gasteiger partial charge in [-0.1, -0.05) is 49.6 Å². The largest absolute Gasteiger partial charge is 0.411 e. The van der Waals surface area contributed by atoms with Gasteiger partial charge in [0.05, 0.1) is 0 Å². The van der Waals surface area contributed by atoms with Gasteiger partial charge < -0.3 is 10.1 Å². The van der Waals surface area contributed by atoms with E-state index in [0.29, 0.717) is 6.42 Å². The van der Waals surface area contributed by atoms with E-state index < -0.39 is 25.3 Å². The van der Waals surface area contributed by atoms with E-state index in [2.05, 4.69) is 35.2 Å². The number of nitrogens with one attached hydrogen (secondary N) is 1.